The van der Waals surface area contributed by atoms with Gasteiger partial charge in [-0.05, 0) is 80.1 Å². The first kappa shape index (κ1) is 11.1. The fourth-order valence-electron chi connectivity index (χ4n) is 5.58. The Bertz CT molecular complexity index is 239. The zero-order valence-corrected chi connectivity index (χ0v) is 10.9. The van der Waals surface area contributed by atoms with Crippen LogP contribution in [0.1, 0.15) is 52.4 Å². The summed E-state index contributed by atoms with van der Waals surface area (Å²) in [6.07, 6.45) is 8.97. The van der Waals surface area contributed by atoms with Crippen molar-refractivity contribution in [3.63, 3.8) is 0 Å². The van der Waals surface area contributed by atoms with Crippen molar-refractivity contribution in [2.75, 3.05) is 6.54 Å². The summed E-state index contributed by atoms with van der Waals surface area (Å²) in [5.41, 5.74) is 6.53. The topological polar surface area (TPSA) is 26.0 Å². The lowest BCUT2D eigenvalue weighted by atomic mass is 9.46. The van der Waals surface area contributed by atoms with Gasteiger partial charge >= 0.3 is 0 Å². The second-order valence-electron chi connectivity index (χ2n) is 7.17. The molecule has 0 spiro atoms. The van der Waals surface area contributed by atoms with Crippen LogP contribution >= 0.6 is 0 Å². The molecule has 0 radical (unpaired) electrons. The number of hydrogen-bond acceptors (Lipinski definition) is 1. The summed E-state index contributed by atoms with van der Waals surface area (Å²) < 4.78 is 0. The molecule has 16 heavy (non-hydrogen) atoms. The van der Waals surface area contributed by atoms with Gasteiger partial charge in [0.2, 0.25) is 0 Å². The Morgan fingerprint density at radius 3 is 1.88 bits per heavy atom. The molecule has 4 aliphatic rings. The highest BCUT2D eigenvalue weighted by atomic mass is 14.7. The van der Waals surface area contributed by atoms with Crippen molar-refractivity contribution in [2.24, 2.45) is 40.7 Å². The van der Waals surface area contributed by atoms with Crippen molar-refractivity contribution in [1.29, 1.82) is 0 Å². The van der Waals surface area contributed by atoms with Gasteiger partial charge in [-0.2, -0.15) is 0 Å². The summed E-state index contributed by atoms with van der Waals surface area (Å²) >= 11 is 0. The second-order valence-corrected chi connectivity index (χ2v) is 7.17. The van der Waals surface area contributed by atoms with E-state index in [4.69, 9.17) is 5.73 Å². The molecular weight excluding hydrogens is 194 g/mol. The predicted molar refractivity (Wildman–Crippen MR) is 68.0 cm³/mol. The van der Waals surface area contributed by atoms with Crippen LogP contribution in [-0.2, 0) is 0 Å². The van der Waals surface area contributed by atoms with Crippen LogP contribution in [-0.4, -0.2) is 6.54 Å². The van der Waals surface area contributed by atoms with E-state index < -0.39 is 0 Å². The fraction of sp³-hybridized carbons (Fsp3) is 1.00. The van der Waals surface area contributed by atoms with Crippen molar-refractivity contribution < 1.29 is 0 Å². The molecule has 0 aromatic carbocycles. The molecule has 0 heterocycles. The Hall–Kier alpha value is -0.0400. The molecule has 0 aliphatic heterocycles. The zero-order chi connectivity index (χ0) is 11.3. The van der Waals surface area contributed by atoms with E-state index in [0.717, 1.165) is 36.1 Å². The summed E-state index contributed by atoms with van der Waals surface area (Å²) in [7, 11) is 0. The second kappa shape index (κ2) is 3.73. The van der Waals surface area contributed by atoms with Crippen molar-refractivity contribution in [2.45, 2.75) is 52.4 Å². The molecule has 4 rings (SSSR count). The Kier molecular flexibility index (Phi) is 2.58. The highest BCUT2D eigenvalue weighted by Crippen LogP contribution is 2.61. The number of nitrogens with two attached hydrogens (primary N) is 1. The van der Waals surface area contributed by atoms with Gasteiger partial charge in [0.25, 0.3) is 0 Å². The normalized spacial score (nSPS) is 49.3. The van der Waals surface area contributed by atoms with Crippen molar-refractivity contribution in [3.05, 3.63) is 0 Å². The predicted octanol–water partition coefficient (Wildman–Crippen LogP) is 3.43. The van der Waals surface area contributed by atoms with E-state index >= 15 is 0 Å². The Morgan fingerprint density at radius 2 is 1.50 bits per heavy atom. The van der Waals surface area contributed by atoms with Crippen molar-refractivity contribution in [1.82, 2.24) is 0 Å². The first-order valence-corrected chi connectivity index (χ1v) is 7.36. The SMILES string of the molecule is CCC(C)(CN)C1C2CC3CC(C2)CC1C3. The first-order chi connectivity index (χ1) is 7.66. The number of rotatable bonds is 3. The quantitative estimate of drug-likeness (QED) is 0.776. The smallest absolute Gasteiger partial charge is 0.00204 e. The molecule has 4 aliphatic carbocycles. The van der Waals surface area contributed by atoms with Crippen molar-refractivity contribution >= 4 is 0 Å². The third-order valence-electron chi connectivity index (χ3n) is 6.31. The maximum absolute atomic E-state index is 6.10. The van der Waals surface area contributed by atoms with Gasteiger partial charge in [-0.1, -0.05) is 13.8 Å². The molecule has 4 bridgehead atoms. The van der Waals surface area contributed by atoms with Gasteiger partial charge in [-0.3, -0.25) is 0 Å². The van der Waals surface area contributed by atoms with Crippen LogP contribution in [0.25, 0.3) is 0 Å². The molecule has 4 saturated carbocycles. The molecule has 1 nitrogen and oxygen atoms in total. The van der Waals surface area contributed by atoms with Crippen LogP contribution in [0, 0.1) is 35.0 Å². The molecule has 1 atom stereocenters. The lowest BCUT2D eigenvalue weighted by Crippen LogP contribution is -2.52. The Morgan fingerprint density at radius 1 is 1.00 bits per heavy atom. The molecule has 1 unspecified atom stereocenters. The lowest BCUT2D eigenvalue weighted by Gasteiger charge is -2.59. The van der Waals surface area contributed by atoms with Gasteiger partial charge in [-0.25, -0.2) is 0 Å². The van der Waals surface area contributed by atoms with Gasteiger partial charge < -0.3 is 5.73 Å². The minimum absolute atomic E-state index is 0.433. The molecule has 0 amide bonds. The summed E-state index contributed by atoms with van der Waals surface area (Å²) in [5, 5.41) is 0. The van der Waals surface area contributed by atoms with E-state index in [1.807, 2.05) is 0 Å². The van der Waals surface area contributed by atoms with E-state index in [1.54, 1.807) is 6.42 Å². The monoisotopic (exact) mass is 221 g/mol. The van der Waals surface area contributed by atoms with Crippen LogP contribution in [0.2, 0.25) is 0 Å². The van der Waals surface area contributed by atoms with Crippen LogP contribution in [0.4, 0.5) is 0 Å². The standard InChI is InChI=1S/C15H27N/c1-3-15(2,9-16)14-12-5-10-4-11(7-12)8-13(14)6-10/h10-14H,3-9,16H2,1-2H3. The van der Waals surface area contributed by atoms with Gasteiger partial charge in [0.1, 0.15) is 0 Å². The molecule has 2 N–H and O–H groups in total. The molecular formula is C15H27N. The summed E-state index contributed by atoms with van der Waals surface area (Å²) in [6.45, 7) is 5.70. The summed E-state index contributed by atoms with van der Waals surface area (Å²) in [4.78, 5) is 0. The molecule has 4 fully saturated rings. The van der Waals surface area contributed by atoms with Gasteiger partial charge in [0.15, 0.2) is 0 Å². The third-order valence-corrected chi connectivity index (χ3v) is 6.31. The van der Waals surface area contributed by atoms with Crippen LogP contribution in [0.5, 0.6) is 0 Å². The van der Waals surface area contributed by atoms with Crippen LogP contribution < -0.4 is 5.73 Å². The third kappa shape index (κ3) is 1.47. The lowest BCUT2D eigenvalue weighted by molar-refractivity contribution is -0.0901. The number of hydrogen-bond donors (Lipinski definition) is 1. The molecule has 0 aromatic heterocycles. The van der Waals surface area contributed by atoms with E-state index in [0.29, 0.717) is 5.41 Å². The Balaban J connectivity index is 1.86. The van der Waals surface area contributed by atoms with Crippen molar-refractivity contribution in [3.8, 4) is 0 Å². The Labute approximate surface area is 100 Å². The minimum atomic E-state index is 0.433. The molecule has 0 saturated heterocycles. The minimum Gasteiger partial charge on any atom is -0.330 e. The maximum Gasteiger partial charge on any atom is -0.00204 e. The van der Waals surface area contributed by atoms with Crippen LogP contribution in [0.3, 0.4) is 0 Å². The first-order valence-electron chi connectivity index (χ1n) is 7.36. The van der Waals surface area contributed by atoms with Crippen LogP contribution in [0.15, 0.2) is 0 Å². The van der Waals surface area contributed by atoms with Gasteiger partial charge in [0.05, 0.1) is 0 Å². The largest absolute Gasteiger partial charge is 0.330 e. The summed E-state index contributed by atoms with van der Waals surface area (Å²) in [5.74, 6) is 5.21. The van der Waals surface area contributed by atoms with Gasteiger partial charge in [-0.15, -0.1) is 0 Å². The van der Waals surface area contributed by atoms with E-state index in [1.165, 1.54) is 32.1 Å². The average Bonchev–Trinajstić information content (AvgIpc) is 2.27. The highest BCUT2D eigenvalue weighted by Gasteiger charge is 2.52. The highest BCUT2D eigenvalue weighted by molar-refractivity contribution is 5.03. The van der Waals surface area contributed by atoms with E-state index in [2.05, 4.69) is 13.8 Å². The maximum atomic E-state index is 6.10. The molecule has 92 valence electrons. The van der Waals surface area contributed by atoms with E-state index in [-0.39, 0.29) is 0 Å². The average molecular weight is 221 g/mol. The van der Waals surface area contributed by atoms with E-state index in [9.17, 15) is 0 Å². The fourth-order valence-corrected chi connectivity index (χ4v) is 5.58. The summed E-state index contributed by atoms with van der Waals surface area (Å²) in [6, 6.07) is 0. The van der Waals surface area contributed by atoms with Gasteiger partial charge in [0, 0.05) is 0 Å². The molecule has 0 aromatic rings. The molecule has 1 heteroatoms. The zero-order valence-electron chi connectivity index (χ0n) is 10.9.